The number of aryl methyl sites for hydroxylation is 3. The van der Waals surface area contributed by atoms with Gasteiger partial charge in [-0.1, -0.05) is 58.4 Å². The van der Waals surface area contributed by atoms with Crippen LogP contribution in [0.2, 0.25) is 0 Å². The first-order chi connectivity index (χ1) is 18.7. The Kier molecular flexibility index (Phi) is 10.8. The Hall–Kier alpha value is -4.83. The van der Waals surface area contributed by atoms with Crippen molar-refractivity contribution in [1.82, 2.24) is 0 Å². The molecule has 0 aromatic heterocycles. The van der Waals surface area contributed by atoms with Gasteiger partial charge in [-0.2, -0.15) is 0 Å². The van der Waals surface area contributed by atoms with Crippen molar-refractivity contribution in [1.29, 1.82) is 0 Å². The number of rotatable bonds is 4. The van der Waals surface area contributed by atoms with Gasteiger partial charge in [-0.15, -0.1) is 0 Å². The van der Waals surface area contributed by atoms with Gasteiger partial charge in [-0.25, -0.2) is 14.4 Å². The molecule has 0 spiro atoms. The van der Waals surface area contributed by atoms with Crippen LogP contribution in [-0.2, 0) is 0 Å². The SMILES string of the molecule is Cc1cc(-c2ccccc2)cc(C(=O)O)c1N.Cc1cc(Br)cc(C(=O)O)c1N.Cc1cccc(C(=O)O)c1N. The Bertz CT molecular complexity index is 1560. The Morgan fingerprint density at radius 2 is 1.02 bits per heavy atom. The number of para-hydroxylation sites is 1. The van der Waals surface area contributed by atoms with Crippen molar-refractivity contribution in [3.63, 3.8) is 0 Å². The largest absolute Gasteiger partial charge is 0.478 e. The van der Waals surface area contributed by atoms with Gasteiger partial charge < -0.3 is 32.5 Å². The van der Waals surface area contributed by atoms with Gasteiger partial charge in [0.05, 0.1) is 16.7 Å². The van der Waals surface area contributed by atoms with Crippen LogP contribution in [0.25, 0.3) is 11.1 Å². The zero-order valence-electron chi connectivity index (χ0n) is 22.1. The van der Waals surface area contributed by atoms with E-state index in [0.29, 0.717) is 17.1 Å². The molecule has 4 rings (SSSR count). The van der Waals surface area contributed by atoms with Crippen molar-refractivity contribution in [3.8, 4) is 11.1 Å². The van der Waals surface area contributed by atoms with E-state index < -0.39 is 17.9 Å². The topological polar surface area (TPSA) is 190 Å². The number of carboxylic acid groups (broad SMARTS) is 3. The van der Waals surface area contributed by atoms with E-state index >= 15 is 0 Å². The molecule has 0 amide bonds. The third-order valence-electron chi connectivity index (χ3n) is 5.86. The van der Waals surface area contributed by atoms with E-state index in [9.17, 15) is 14.4 Å². The number of benzene rings is 4. The fourth-order valence-electron chi connectivity index (χ4n) is 3.57. The summed E-state index contributed by atoms with van der Waals surface area (Å²) in [6.45, 7) is 5.36. The molecule has 10 heteroatoms. The van der Waals surface area contributed by atoms with E-state index in [1.54, 1.807) is 38.1 Å². The number of hydrogen-bond acceptors (Lipinski definition) is 6. The monoisotopic (exact) mass is 607 g/mol. The number of hydrogen-bond donors (Lipinski definition) is 6. The lowest BCUT2D eigenvalue weighted by Crippen LogP contribution is -2.04. The summed E-state index contributed by atoms with van der Waals surface area (Å²) in [6.07, 6.45) is 0. The lowest BCUT2D eigenvalue weighted by Gasteiger charge is -2.09. The second-order valence-electron chi connectivity index (χ2n) is 8.76. The molecule has 0 radical (unpaired) electrons. The van der Waals surface area contributed by atoms with Crippen molar-refractivity contribution in [2.24, 2.45) is 0 Å². The summed E-state index contributed by atoms with van der Waals surface area (Å²) < 4.78 is 0.728. The summed E-state index contributed by atoms with van der Waals surface area (Å²) in [5.41, 5.74) is 22.5. The molecule has 0 aliphatic rings. The van der Waals surface area contributed by atoms with Gasteiger partial charge in [-0.3, -0.25) is 0 Å². The number of nitrogens with two attached hydrogens (primary N) is 3. The Balaban J connectivity index is 0.000000217. The molecule has 0 aliphatic carbocycles. The molecule has 4 aromatic rings. The number of anilines is 3. The number of nitrogen functional groups attached to an aromatic ring is 3. The Morgan fingerprint density at radius 3 is 1.52 bits per heavy atom. The lowest BCUT2D eigenvalue weighted by atomic mass is 9.98. The molecule has 0 saturated carbocycles. The van der Waals surface area contributed by atoms with Gasteiger partial charge in [0.1, 0.15) is 0 Å². The van der Waals surface area contributed by atoms with E-state index in [4.69, 9.17) is 32.5 Å². The van der Waals surface area contributed by atoms with Crippen molar-refractivity contribution in [2.45, 2.75) is 20.8 Å². The number of halogens is 1. The van der Waals surface area contributed by atoms with Crippen LogP contribution in [-0.4, -0.2) is 33.2 Å². The zero-order chi connectivity index (χ0) is 30.1. The smallest absolute Gasteiger partial charge is 0.337 e. The molecule has 0 fully saturated rings. The maximum absolute atomic E-state index is 11.1. The summed E-state index contributed by atoms with van der Waals surface area (Å²) in [5.74, 6) is -2.98. The fraction of sp³-hybridized carbons (Fsp3) is 0.100. The summed E-state index contributed by atoms with van der Waals surface area (Å²) in [7, 11) is 0. The molecule has 4 aromatic carbocycles. The molecule has 208 valence electrons. The van der Waals surface area contributed by atoms with Gasteiger partial charge in [0.2, 0.25) is 0 Å². The fourth-order valence-corrected chi connectivity index (χ4v) is 4.14. The van der Waals surface area contributed by atoms with Crippen molar-refractivity contribution in [3.05, 3.63) is 111 Å². The van der Waals surface area contributed by atoms with Crippen LogP contribution >= 0.6 is 15.9 Å². The van der Waals surface area contributed by atoms with Crippen LogP contribution in [0.1, 0.15) is 47.8 Å². The highest BCUT2D eigenvalue weighted by Gasteiger charge is 2.13. The molecular weight excluding hydrogens is 578 g/mol. The summed E-state index contributed by atoms with van der Waals surface area (Å²) in [4.78, 5) is 32.2. The van der Waals surface area contributed by atoms with E-state index in [2.05, 4.69) is 15.9 Å². The average molecular weight is 608 g/mol. The molecule has 0 heterocycles. The first-order valence-corrected chi connectivity index (χ1v) is 12.6. The molecule has 9 N–H and O–H groups in total. The Morgan fingerprint density at radius 1 is 0.550 bits per heavy atom. The normalized spacial score (nSPS) is 9.90. The molecule has 40 heavy (non-hydrogen) atoms. The molecular formula is C30H30BrN3O6. The van der Waals surface area contributed by atoms with Gasteiger partial charge in [-0.05, 0) is 78.9 Å². The van der Waals surface area contributed by atoms with Gasteiger partial charge >= 0.3 is 17.9 Å². The predicted octanol–water partition coefficient (Wildman–Crippen LogP) is 6.26. The maximum Gasteiger partial charge on any atom is 0.337 e. The van der Waals surface area contributed by atoms with E-state index in [0.717, 1.165) is 32.3 Å². The van der Waals surface area contributed by atoms with E-state index in [1.165, 1.54) is 12.1 Å². The van der Waals surface area contributed by atoms with Crippen LogP contribution in [0.5, 0.6) is 0 Å². The standard InChI is InChI=1S/C14H13NO2.C8H8BrNO2.C8H9NO2/c1-9-7-11(10-5-3-2-4-6-10)8-12(13(9)15)14(16)17;1-4-2-5(9)3-6(7(4)10)8(11)12;1-5-3-2-4-6(7(5)9)8(10)11/h2-8H,15H2,1H3,(H,16,17);2-3H,10H2,1H3,(H,11,12);2-4H,9H2,1H3,(H,10,11). The number of aromatic carboxylic acids is 3. The third kappa shape index (κ3) is 8.08. The van der Waals surface area contributed by atoms with Crippen molar-refractivity contribution >= 4 is 50.9 Å². The minimum Gasteiger partial charge on any atom is -0.478 e. The lowest BCUT2D eigenvalue weighted by molar-refractivity contribution is 0.0687. The van der Waals surface area contributed by atoms with Crippen LogP contribution < -0.4 is 17.2 Å². The third-order valence-corrected chi connectivity index (χ3v) is 6.32. The summed E-state index contributed by atoms with van der Waals surface area (Å²) in [5, 5.41) is 26.4. The molecule has 0 saturated heterocycles. The second-order valence-corrected chi connectivity index (χ2v) is 9.67. The minimum absolute atomic E-state index is 0.141. The molecule has 0 unspecified atom stereocenters. The summed E-state index contributed by atoms with van der Waals surface area (Å²) in [6, 6.07) is 21.4. The maximum atomic E-state index is 11.1. The van der Waals surface area contributed by atoms with Gasteiger partial charge in [0.25, 0.3) is 0 Å². The second kappa shape index (κ2) is 13.8. The predicted molar refractivity (Wildman–Crippen MR) is 161 cm³/mol. The molecule has 0 aliphatic heterocycles. The van der Waals surface area contributed by atoms with E-state index in [1.807, 2.05) is 43.3 Å². The van der Waals surface area contributed by atoms with Gasteiger partial charge in [0, 0.05) is 21.5 Å². The van der Waals surface area contributed by atoms with Crippen LogP contribution in [0.15, 0.2) is 77.3 Å². The minimum atomic E-state index is -1.00. The Labute approximate surface area is 240 Å². The molecule has 9 nitrogen and oxygen atoms in total. The summed E-state index contributed by atoms with van der Waals surface area (Å²) >= 11 is 3.20. The van der Waals surface area contributed by atoms with Crippen molar-refractivity contribution in [2.75, 3.05) is 17.2 Å². The van der Waals surface area contributed by atoms with Crippen LogP contribution in [0.4, 0.5) is 17.1 Å². The zero-order valence-corrected chi connectivity index (χ0v) is 23.7. The highest BCUT2D eigenvalue weighted by Crippen LogP contribution is 2.27. The van der Waals surface area contributed by atoms with E-state index in [-0.39, 0.29) is 16.7 Å². The van der Waals surface area contributed by atoms with Crippen LogP contribution in [0.3, 0.4) is 0 Å². The average Bonchev–Trinajstić information content (AvgIpc) is 2.90. The number of carbonyl (C=O) groups is 3. The quantitative estimate of drug-likeness (QED) is 0.145. The van der Waals surface area contributed by atoms with Crippen LogP contribution in [0, 0.1) is 20.8 Å². The number of carboxylic acids is 3. The van der Waals surface area contributed by atoms with Crippen molar-refractivity contribution < 1.29 is 29.7 Å². The highest BCUT2D eigenvalue weighted by atomic mass is 79.9. The highest BCUT2D eigenvalue weighted by molar-refractivity contribution is 9.10. The first kappa shape index (κ1) is 31.4. The molecule has 0 bridgehead atoms. The molecule has 0 atom stereocenters. The first-order valence-electron chi connectivity index (χ1n) is 11.8. The van der Waals surface area contributed by atoms with Gasteiger partial charge in [0.15, 0.2) is 0 Å².